The topological polar surface area (TPSA) is 89.3 Å². The Morgan fingerprint density at radius 3 is 2.34 bits per heavy atom. The van der Waals surface area contributed by atoms with Crippen molar-refractivity contribution in [1.82, 2.24) is 24.4 Å². The lowest BCUT2D eigenvalue weighted by molar-refractivity contribution is -0.134. The van der Waals surface area contributed by atoms with E-state index in [1.807, 2.05) is 29.2 Å². The average molecular weight is 435 g/mol. The van der Waals surface area contributed by atoms with E-state index in [0.29, 0.717) is 49.0 Å². The third-order valence-electron chi connectivity index (χ3n) is 6.06. The number of carbonyl (C=O) groups is 2. The summed E-state index contributed by atoms with van der Waals surface area (Å²) in [7, 11) is 3.18. The fourth-order valence-corrected chi connectivity index (χ4v) is 4.09. The van der Waals surface area contributed by atoms with Gasteiger partial charge in [0.15, 0.2) is 22.8 Å². The first-order valence-corrected chi connectivity index (χ1v) is 10.7. The van der Waals surface area contributed by atoms with Crippen LogP contribution in [0.4, 0.5) is 0 Å². The highest BCUT2D eigenvalue weighted by molar-refractivity contribution is 5.93. The minimum Gasteiger partial charge on any atom is -0.493 e. The molecule has 0 atom stereocenters. The number of amides is 2. The van der Waals surface area contributed by atoms with Crippen molar-refractivity contribution in [3.05, 3.63) is 42.2 Å². The zero-order valence-corrected chi connectivity index (χ0v) is 18.2. The number of ether oxygens (including phenoxy) is 2. The van der Waals surface area contributed by atoms with Crippen LogP contribution >= 0.6 is 0 Å². The van der Waals surface area contributed by atoms with Gasteiger partial charge in [0.1, 0.15) is 0 Å². The first kappa shape index (κ1) is 20.3. The van der Waals surface area contributed by atoms with Crippen LogP contribution in [0.5, 0.6) is 11.5 Å². The second-order valence-corrected chi connectivity index (χ2v) is 8.09. The van der Waals surface area contributed by atoms with Gasteiger partial charge in [-0.2, -0.15) is 5.10 Å². The molecule has 166 valence electrons. The zero-order chi connectivity index (χ0) is 22.2. The van der Waals surface area contributed by atoms with E-state index in [2.05, 4.69) is 10.1 Å². The number of carbonyl (C=O) groups excluding carboxylic acids is 2. The summed E-state index contributed by atoms with van der Waals surface area (Å²) in [4.78, 5) is 33.4. The summed E-state index contributed by atoms with van der Waals surface area (Å²) in [5, 5.41) is 4.56. The Balaban J connectivity index is 1.38. The fraction of sp³-hybridized carbons (Fsp3) is 0.391. The summed E-state index contributed by atoms with van der Waals surface area (Å²) in [6.45, 7) is 2.18. The van der Waals surface area contributed by atoms with E-state index < -0.39 is 0 Å². The molecule has 2 amide bonds. The second kappa shape index (κ2) is 8.14. The van der Waals surface area contributed by atoms with E-state index in [4.69, 9.17) is 9.47 Å². The summed E-state index contributed by atoms with van der Waals surface area (Å²) >= 11 is 0. The smallest absolute Gasteiger partial charge is 0.274 e. The van der Waals surface area contributed by atoms with Crippen LogP contribution in [0.1, 0.15) is 23.3 Å². The molecule has 0 bridgehead atoms. The van der Waals surface area contributed by atoms with E-state index in [-0.39, 0.29) is 17.7 Å². The predicted octanol–water partition coefficient (Wildman–Crippen LogP) is 2.11. The first-order chi connectivity index (χ1) is 15.6. The Bertz CT molecular complexity index is 1180. The molecule has 0 N–H and O–H groups in total. The zero-order valence-electron chi connectivity index (χ0n) is 18.2. The highest BCUT2D eigenvalue weighted by atomic mass is 16.5. The molecule has 0 spiro atoms. The minimum absolute atomic E-state index is 0.146. The number of hydrogen-bond acceptors (Lipinski definition) is 6. The molecule has 2 aliphatic rings. The summed E-state index contributed by atoms with van der Waals surface area (Å²) in [5.41, 5.74) is 2.58. The van der Waals surface area contributed by atoms with Crippen LogP contribution in [-0.4, -0.2) is 76.6 Å². The second-order valence-electron chi connectivity index (χ2n) is 8.09. The van der Waals surface area contributed by atoms with E-state index in [1.165, 1.54) is 0 Å². The lowest BCUT2D eigenvalue weighted by Gasteiger charge is -2.34. The molecule has 3 heterocycles. The van der Waals surface area contributed by atoms with Crippen molar-refractivity contribution in [2.75, 3.05) is 40.4 Å². The highest BCUT2D eigenvalue weighted by Crippen LogP contribution is 2.33. The Labute approximate surface area is 185 Å². The number of benzene rings is 1. The number of aromatic nitrogens is 3. The number of methoxy groups -OCH3 is 2. The highest BCUT2D eigenvalue weighted by Gasteiger charge is 2.35. The number of hydrogen-bond donors (Lipinski definition) is 0. The summed E-state index contributed by atoms with van der Waals surface area (Å²) < 4.78 is 12.4. The summed E-state index contributed by atoms with van der Waals surface area (Å²) in [6, 6.07) is 9.16. The largest absolute Gasteiger partial charge is 0.493 e. The molecule has 1 aliphatic carbocycles. The lowest BCUT2D eigenvalue weighted by Crippen LogP contribution is -2.51. The molecule has 1 saturated carbocycles. The van der Waals surface area contributed by atoms with Crippen LogP contribution in [0.3, 0.4) is 0 Å². The van der Waals surface area contributed by atoms with Gasteiger partial charge in [-0.05, 0) is 37.1 Å². The molecule has 0 unspecified atom stereocenters. The van der Waals surface area contributed by atoms with Gasteiger partial charge in [0.25, 0.3) is 5.91 Å². The number of piperazine rings is 1. The Hall–Kier alpha value is -3.62. The van der Waals surface area contributed by atoms with E-state index in [0.717, 1.165) is 24.1 Å². The standard InChI is InChI=1S/C23H25N5O4/c1-31-19-6-5-16(13-20(19)32-2)18-7-8-24-21-14-17(25-28(18)21)23(30)27-11-9-26(10-12-27)22(29)15-3-4-15/h5-8,13-15H,3-4,9-12H2,1-2H3. The molecular weight excluding hydrogens is 410 g/mol. The average Bonchev–Trinajstić information content (AvgIpc) is 3.60. The molecule has 1 saturated heterocycles. The van der Waals surface area contributed by atoms with Crippen LogP contribution in [0.25, 0.3) is 16.9 Å². The van der Waals surface area contributed by atoms with Gasteiger partial charge in [0, 0.05) is 49.9 Å². The van der Waals surface area contributed by atoms with Gasteiger partial charge >= 0.3 is 0 Å². The van der Waals surface area contributed by atoms with Gasteiger partial charge in [-0.3, -0.25) is 9.59 Å². The van der Waals surface area contributed by atoms with Gasteiger partial charge in [-0.25, -0.2) is 9.50 Å². The fourth-order valence-electron chi connectivity index (χ4n) is 4.09. The van der Waals surface area contributed by atoms with Crippen LogP contribution < -0.4 is 9.47 Å². The molecule has 32 heavy (non-hydrogen) atoms. The Morgan fingerprint density at radius 1 is 0.938 bits per heavy atom. The van der Waals surface area contributed by atoms with Crippen molar-refractivity contribution in [3.63, 3.8) is 0 Å². The molecule has 0 radical (unpaired) electrons. The Kier molecular flexibility index (Phi) is 5.16. The van der Waals surface area contributed by atoms with Gasteiger partial charge in [-0.15, -0.1) is 0 Å². The summed E-state index contributed by atoms with van der Waals surface area (Å²) in [5.74, 6) is 1.53. The van der Waals surface area contributed by atoms with Crippen LogP contribution in [0.15, 0.2) is 36.5 Å². The Morgan fingerprint density at radius 2 is 1.66 bits per heavy atom. The van der Waals surface area contributed by atoms with Crippen LogP contribution in [-0.2, 0) is 4.79 Å². The van der Waals surface area contributed by atoms with Crippen molar-refractivity contribution in [2.24, 2.45) is 5.92 Å². The third kappa shape index (κ3) is 3.63. The SMILES string of the molecule is COc1ccc(-c2ccnc3cc(C(=O)N4CCN(C(=O)C5CC5)CC4)nn23)cc1OC. The molecule has 2 aromatic heterocycles. The maximum atomic E-state index is 13.1. The van der Waals surface area contributed by atoms with Crippen molar-refractivity contribution in [2.45, 2.75) is 12.8 Å². The quantitative estimate of drug-likeness (QED) is 0.610. The molecule has 1 aromatic carbocycles. The number of rotatable bonds is 5. The van der Waals surface area contributed by atoms with Gasteiger partial charge in [-0.1, -0.05) is 0 Å². The van der Waals surface area contributed by atoms with Gasteiger partial charge < -0.3 is 19.3 Å². The van der Waals surface area contributed by atoms with Crippen molar-refractivity contribution >= 4 is 17.5 Å². The van der Waals surface area contributed by atoms with Gasteiger partial charge in [0.2, 0.25) is 5.91 Å². The van der Waals surface area contributed by atoms with E-state index >= 15 is 0 Å². The number of nitrogens with zero attached hydrogens (tertiary/aromatic N) is 5. The molecule has 9 nitrogen and oxygen atoms in total. The molecule has 2 fully saturated rings. The predicted molar refractivity (Wildman–Crippen MR) is 117 cm³/mol. The molecule has 1 aliphatic heterocycles. The third-order valence-corrected chi connectivity index (χ3v) is 6.06. The van der Waals surface area contributed by atoms with Crippen LogP contribution in [0, 0.1) is 5.92 Å². The summed E-state index contributed by atoms with van der Waals surface area (Å²) in [6.07, 6.45) is 3.68. The first-order valence-electron chi connectivity index (χ1n) is 10.7. The minimum atomic E-state index is -0.146. The monoisotopic (exact) mass is 435 g/mol. The van der Waals surface area contributed by atoms with E-state index in [9.17, 15) is 9.59 Å². The molecular formula is C23H25N5O4. The van der Waals surface area contributed by atoms with E-state index in [1.54, 1.807) is 35.9 Å². The van der Waals surface area contributed by atoms with Crippen LogP contribution in [0.2, 0.25) is 0 Å². The maximum Gasteiger partial charge on any atom is 0.274 e. The molecule has 9 heteroatoms. The van der Waals surface area contributed by atoms with Crippen molar-refractivity contribution in [1.29, 1.82) is 0 Å². The van der Waals surface area contributed by atoms with Crippen molar-refractivity contribution in [3.8, 4) is 22.8 Å². The van der Waals surface area contributed by atoms with Crippen molar-refractivity contribution < 1.29 is 19.1 Å². The lowest BCUT2D eigenvalue weighted by atomic mass is 10.1. The molecule has 3 aromatic rings. The van der Waals surface area contributed by atoms with Gasteiger partial charge in [0.05, 0.1) is 19.9 Å². The maximum absolute atomic E-state index is 13.1. The number of fused-ring (bicyclic) bond motifs is 1. The normalized spacial score (nSPS) is 16.3. The molecule has 5 rings (SSSR count).